The van der Waals surface area contributed by atoms with Crippen LogP contribution in [0.4, 0.5) is 0 Å². The van der Waals surface area contributed by atoms with Crippen LogP contribution in [0, 0.1) is 0 Å². The predicted octanol–water partition coefficient (Wildman–Crippen LogP) is 3.39. The van der Waals surface area contributed by atoms with Gasteiger partial charge in [-0.15, -0.1) is 12.4 Å². The molecule has 0 radical (unpaired) electrons. The van der Waals surface area contributed by atoms with Crippen LogP contribution in [-0.4, -0.2) is 65.4 Å². The molecule has 1 unspecified atom stereocenters. The first-order valence-electron chi connectivity index (χ1n) is 11.6. The van der Waals surface area contributed by atoms with E-state index in [2.05, 4.69) is 11.4 Å². The molecule has 1 aliphatic carbocycles. The van der Waals surface area contributed by atoms with Crippen molar-refractivity contribution >= 4 is 18.3 Å². The molecule has 0 bridgehead atoms. The maximum Gasteiger partial charge on any atom is 0.223 e. The Bertz CT molecular complexity index is 978. The van der Waals surface area contributed by atoms with Crippen LogP contribution in [-0.2, 0) is 24.1 Å². The molecule has 1 heterocycles. The highest BCUT2D eigenvalue weighted by Crippen LogP contribution is 2.46. The summed E-state index contributed by atoms with van der Waals surface area (Å²) in [5, 5.41) is 3.47. The normalized spacial score (nSPS) is 16.2. The highest BCUT2D eigenvalue weighted by Gasteiger charge is 2.31. The SMILES string of the molecule is COc1cc2c(cc1OC)CCN(C(=O)CCNCC1Cc3ccc(OC)c(OC)c31)CC2.Cl. The fourth-order valence-corrected chi connectivity index (χ4v) is 4.96. The molecule has 0 aromatic heterocycles. The zero-order valence-electron chi connectivity index (χ0n) is 20.4. The first kappa shape index (κ1) is 26.0. The fourth-order valence-electron chi connectivity index (χ4n) is 4.96. The van der Waals surface area contributed by atoms with Gasteiger partial charge < -0.3 is 29.2 Å². The van der Waals surface area contributed by atoms with E-state index >= 15 is 0 Å². The average Bonchev–Trinajstić information content (AvgIpc) is 3.04. The van der Waals surface area contributed by atoms with Crippen LogP contribution in [0.15, 0.2) is 24.3 Å². The molecule has 2 aromatic carbocycles. The number of fused-ring (bicyclic) bond motifs is 2. The van der Waals surface area contributed by atoms with Crippen molar-refractivity contribution in [2.24, 2.45) is 0 Å². The summed E-state index contributed by atoms with van der Waals surface area (Å²) < 4.78 is 21.9. The van der Waals surface area contributed by atoms with E-state index in [4.69, 9.17) is 18.9 Å². The number of carbonyl (C=O) groups excluding carboxylic acids is 1. The number of halogens is 1. The van der Waals surface area contributed by atoms with E-state index in [-0.39, 0.29) is 18.3 Å². The second kappa shape index (κ2) is 11.7. The Hall–Kier alpha value is -2.64. The van der Waals surface area contributed by atoms with Gasteiger partial charge in [-0.2, -0.15) is 0 Å². The summed E-state index contributed by atoms with van der Waals surface area (Å²) in [5.74, 6) is 3.68. The molecule has 34 heavy (non-hydrogen) atoms. The van der Waals surface area contributed by atoms with Gasteiger partial charge >= 0.3 is 0 Å². The third kappa shape index (κ3) is 5.20. The van der Waals surface area contributed by atoms with E-state index in [1.54, 1.807) is 28.4 Å². The molecule has 1 atom stereocenters. The van der Waals surface area contributed by atoms with E-state index in [1.165, 1.54) is 22.3 Å². The van der Waals surface area contributed by atoms with Gasteiger partial charge in [-0.1, -0.05) is 6.07 Å². The van der Waals surface area contributed by atoms with Crippen molar-refractivity contribution in [3.63, 3.8) is 0 Å². The lowest BCUT2D eigenvalue weighted by molar-refractivity contribution is -0.131. The lowest BCUT2D eigenvalue weighted by atomic mass is 9.76. The number of benzene rings is 2. The summed E-state index contributed by atoms with van der Waals surface area (Å²) in [5.41, 5.74) is 5.00. The number of hydrogen-bond donors (Lipinski definition) is 1. The van der Waals surface area contributed by atoms with Crippen LogP contribution in [0.3, 0.4) is 0 Å². The number of ether oxygens (including phenoxy) is 4. The van der Waals surface area contributed by atoms with E-state index in [0.717, 1.165) is 61.9 Å². The maximum atomic E-state index is 12.9. The summed E-state index contributed by atoms with van der Waals surface area (Å²) in [6, 6.07) is 8.16. The lowest BCUT2D eigenvalue weighted by Gasteiger charge is -2.33. The average molecular weight is 491 g/mol. The zero-order chi connectivity index (χ0) is 23.4. The molecule has 186 valence electrons. The van der Waals surface area contributed by atoms with Gasteiger partial charge in [0.2, 0.25) is 5.91 Å². The van der Waals surface area contributed by atoms with Gasteiger partial charge in [0.15, 0.2) is 23.0 Å². The standard InChI is InChI=1S/C26H34N2O5.ClH/c1-30-21-6-5-19-13-20(25(19)26(21)33-4)16-27-10-7-24(29)28-11-8-17-14-22(31-2)23(32-3)15-18(17)9-12-28;/h5-6,14-15,20,27H,7-13,16H2,1-4H3;1H. The van der Waals surface area contributed by atoms with Crippen molar-refractivity contribution in [2.45, 2.75) is 31.6 Å². The van der Waals surface area contributed by atoms with Gasteiger partial charge in [-0.25, -0.2) is 0 Å². The summed E-state index contributed by atoms with van der Waals surface area (Å²) in [6.45, 7) is 2.96. The summed E-state index contributed by atoms with van der Waals surface area (Å²) in [4.78, 5) is 14.8. The summed E-state index contributed by atoms with van der Waals surface area (Å²) >= 11 is 0. The molecular formula is C26H35ClN2O5. The van der Waals surface area contributed by atoms with Crippen molar-refractivity contribution in [1.29, 1.82) is 0 Å². The van der Waals surface area contributed by atoms with E-state index in [1.807, 2.05) is 23.1 Å². The molecule has 7 nitrogen and oxygen atoms in total. The molecule has 1 N–H and O–H groups in total. The van der Waals surface area contributed by atoms with Crippen LogP contribution in [0.2, 0.25) is 0 Å². The molecule has 1 aliphatic heterocycles. The molecule has 8 heteroatoms. The van der Waals surface area contributed by atoms with Gasteiger partial charge in [0.1, 0.15) is 0 Å². The molecule has 0 spiro atoms. The van der Waals surface area contributed by atoms with Crippen LogP contribution >= 0.6 is 12.4 Å². The monoisotopic (exact) mass is 490 g/mol. The minimum absolute atomic E-state index is 0. The van der Waals surface area contributed by atoms with Crippen molar-refractivity contribution < 1.29 is 23.7 Å². The van der Waals surface area contributed by atoms with Crippen molar-refractivity contribution in [3.8, 4) is 23.0 Å². The zero-order valence-corrected chi connectivity index (χ0v) is 21.3. The van der Waals surface area contributed by atoms with Crippen LogP contribution in [0.25, 0.3) is 0 Å². The Balaban J connectivity index is 0.00000324. The van der Waals surface area contributed by atoms with Crippen molar-refractivity contribution in [1.82, 2.24) is 10.2 Å². The minimum atomic E-state index is 0. The fraction of sp³-hybridized carbons (Fsp3) is 0.500. The van der Waals surface area contributed by atoms with Crippen LogP contribution in [0.5, 0.6) is 23.0 Å². The molecule has 2 aliphatic rings. The number of hydrogen-bond acceptors (Lipinski definition) is 6. The van der Waals surface area contributed by atoms with Crippen LogP contribution < -0.4 is 24.3 Å². The van der Waals surface area contributed by atoms with Gasteiger partial charge in [-0.05, 0) is 54.2 Å². The molecular weight excluding hydrogens is 456 g/mol. The van der Waals surface area contributed by atoms with Gasteiger partial charge in [0.05, 0.1) is 28.4 Å². The van der Waals surface area contributed by atoms with Crippen molar-refractivity contribution in [3.05, 3.63) is 46.5 Å². The second-order valence-corrected chi connectivity index (χ2v) is 8.59. The van der Waals surface area contributed by atoms with Gasteiger partial charge in [0, 0.05) is 44.1 Å². The largest absolute Gasteiger partial charge is 0.493 e. The Morgan fingerprint density at radius 1 is 0.912 bits per heavy atom. The Morgan fingerprint density at radius 3 is 2.09 bits per heavy atom. The molecule has 2 aromatic rings. The Labute approximate surface area is 208 Å². The Kier molecular flexibility index (Phi) is 8.91. The molecule has 0 fully saturated rings. The molecule has 0 saturated carbocycles. The topological polar surface area (TPSA) is 69.3 Å². The van der Waals surface area contributed by atoms with E-state index in [9.17, 15) is 4.79 Å². The number of amides is 1. The smallest absolute Gasteiger partial charge is 0.223 e. The number of rotatable bonds is 9. The highest BCUT2D eigenvalue weighted by molar-refractivity contribution is 5.85. The predicted molar refractivity (Wildman–Crippen MR) is 134 cm³/mol. The molecule has 0 saturated heterocycles. The third-order valence-electron chi connectivity index (χ3n) is 6.82. The van der Waals surface area contributed by atoms with Crippen molar-refractivity contribution in [2.75, 3.05) is 54.6 Å². The maximum absolute atomic E-state index is 12.9. The first-order valence-corrected chi connectivity index (χ1v) is 11.6. The number of nitrogens with zero attached hydrogens (tertiary/aromatic N) is 1. The summed E-state index contributed by atoms with van der Waals surface area (Å²) in [6.07, 6.45) is 3.18. The quantitative estimate of drug-likeness (QED) is 0.543. The number of carbonyl (C=O) groups is 1. The molecule has 1 amide bonds. The molecule has 4 rings (SSSR count). The number of methoxy groups -OCH3 is 4. The van der Waals surface area contributed by atoms with Gasteiger partial charge in [-0.3, -0.25) is 4.79 Å². The summed E-state index contributed by atoms with van der Waals surface area (Å²) in [7, 11) is 6.65. The van der Waals surface area contributed by atoms with Crippen LogP contribution in [0.1, 0.15) is 34.6 Å². The first-order chi connectivity index (χ1) is 16.1. The van der Waals surface area contributed by atoms with E-state index in [0.29, 0.717) is 18.9 Å². The third-order valence-corrected chi connectivity index (χ3v) is 6.82. The highest BCUT2D eigenvalue weighted by atomic mass is 35.5. The lowest BCUT2D eigenvalue weighted by Crippen LogP contribution is -2.36. The second-order valence-electron chi connectivity index (χ2n) is 8.59. The Morgan fingerprint density at radius 2 is 1.53 bits per heavy atom. The minimum Gasteiger partial charge on any atom is -0.493 e. The van der Waals surface area contributed by atoms with E-state index < -0.39 is 0 Å². The van der Waals surface area contributed by atoms with Gasteiger partial charge in [0.25, 0.3) is 0 Å². The number of nitrogens with one attached hydrogen (secondary N) is 1.